The molecule has 0 saturated carbocycles. The van der Waals surface area contributed by atoms with Crippen molar-refractivity contribution in [2.45, 2.75) is 0 Å². The molecule has 0 aliphatic carbocycles. The molecule has 2 rings (SSSR count). The van der Waals surface area contributed by atoms with Gasteiger partial charge in [0.1, 0.15) is 23.0 Å². The lowest BCUT2D eigenvalue weighted by Crippen LogP contribution is -2.18. The number of hydrogen-bond acceptors (Lipinski definition) is 4. The highest BCUT2D eigenvalue weighted by molar-refractivity contribution is 5.92. The third-order valence-corrected chi connectivity index (χ3v) is 2.40. The molecular weight excluding hydrogens is 248 g/mol. The minimum absolute atomic E-state index is 0.0492. The van der Waals surface area contributed by atoms with Crippen LogP contribution in [0.3, 0.4) is 0 Å². The maximum Gasteiger partial charge on any atom is 0.269 e. The highest BCUT2D eigenvalue weighted by Crippen LogP contribution is 2.24. The van der Waals surface area contributed by atoms with Gasteiger partial charge in [-0.3, -0.25) is 9.78 Å². The number of nitrogens with zero attached hydrogens (tertiary/aromatic N) is 1. The molecule has 0 atom stereocenters. The largest absolute Gasteiger partial charge is 0.457 e. The van der Waals surface area contributed by atoms with Gasteiger partial charge in [0.05, 0.1) is 5.69 Å². The molecule has 1 amide bonds. The Morgan fingerprint density at radius 1 is 1.32 bits per heavy atom. The van der Waals surface area contributed by atoms with E-state index in [0.29, 0.717) is 11.5 Å². The number of benzene rings is 1. The second kappa shape index (κ2) is 5.34. The standard InChI is InChI=1S/C13H12FN3O2/c1-16-13(18)12-7-9(4-5-17-12)19-8-2-3-11(15)10(14)6-8/h2-7H,15H2,1H3,(H,16,18)/i14-1. The Balaban J connectivity index is 2.23. The lowest BCUT2D eigenvalue weighted by Gasteiger charge is -2.07. The summed E-state index contributed by atoms with van der Waals surface area (Å²) in [5.41, 5.74) is 5.64. The van der Waals surface area contributed by atoms with Crippen LogP contribution in [0, 0.1) is 5.82 Å². The normalized spacial score (nSPS) is 10.0. The van der Waals surface area contributed by atoms with E-state index in [1.807, 2.05) is 0 Å². The van der Waals surface area contributed by atoms with Gasteiger partial charge in [-0.25, -0.2) is 4.39 Å². The van der Waals surface area contributed by atoms with Gasteiger partial charge in [-0.05, 0) is 18.2 Å². The van der Waals surface area contributed by atoms with Crippen molar-refractivity contribution in [1.82, 2.24) is 10.3 Å². The molecule has 3 N–H and O–H groups in total. The second-order valence-corrected chi connectivity index (χ2v) is 3.74. The van der Waals surface area contributed by atoms with E-state index >= 15 is 0 Å². The van der Waals surface area contributed by atoms with E-state index in [4.69, 9.17) is 10.5 Å². The SMILES string of the molecule is CNC(=O)c1cc(Oc2ccc(N)c([18F])c2)ccn1. The highest BCUT2D eigenvalue weighted by Gasteiger charge is 2.07. The quantitative estimate of drug-likeness (QED) is 0.827. The minimum atomic E-state index is -0.557. The molecule has 0 unspecified atom stereocenters. The number of nitrogen functional groups attached to an aromatic ring is 1. The predicted octanol–water partition coefficient (Wildman–Crippen LogP) is 1.95. The number of carbonyl (C=O) groups is 1. The number of ether oxygens (including phenoxy) is 1. The van der Waals surface area contributed by atoms with Gasteiger partial charge in [0.15, 0.2) is 0 Å². The van der Waals surface area contributed by atoms with Crippen molar-refractivity contribution >= 4 is 11.6 Å². The summed E-state index contributed by atoms with van der Waals surface area (Å²) in [6.07, 6.45) is 1.44. The molecule has 0 aliphatic heterocycles. The number of rotatable bonds is 3. The van der Waals surface area contributed by atoms with Crippen LogP contribution in [-0.4, -0.2) is 17.9 Å². The Labute approximate surface area is 109 Å². The third-order valence-electron chi connectivity index (χ3n) is 2.40. The van der Waals surface area contributed by atoms with Crippen molar-refractivity contribution in [3.63, 3.8) is 0 Å². The molecule has 1 aromatic carbocycles. The first-order valence-corrected chi connectivity index (χ1v) is 5.51. The first kappa shape index (κ1) is 12.8. The number of nitrogens with one attached hydrogen (secondary N) is 1. The van der Waals surface area contributed by atoms with E-state index in [0.717, 1.165) is 0 Å². The average Bonchev–Trinajstić information content (AvgIpc) is 2.42. The molecule has 1 heterocycles. The van der Waals surface area contributed by atoms with Crippen molar-refractivity contribution in [2.75, 3.05) is 12.8 Å². The predicted molar refractivity (Wildman–Crippen MR) is 68.5 cm³/mol. The molecule has 98 valence electrons. The lowest BCUT2D eigenvalue weighted by molar-refractivity contribution is 0.0958. The lowest BCUT2D eigenvalue weighted by atomic mass is 10.3. The molecular formula is C13H12FN3O2. The van der Waals surface area contributed by atoms with Crippen LogP contribution in [0.5, 0.6) is 11.5 Å². The first-order chi connectivity index (χ1) is 9.10. The number of pyridine rings is 1. The summed E-state index contributed by atoms with van der Waals surface area (Å²) in [4.78, 5) is 15.3. The summed E-state index contributed by atoms with van der Waals surface area (Å²) in [6.45, 7) is 0. The molecule has 0 bridgehead atoms. The molecule has 0 radical (unpaired) electrons. The fourth-order valence-electron chi connectivity index (χ4n) is 1.43. The summed E-state index contributed by atoms with van der Waals surface area (Å²) in [5.74, 6) is -0.203. The van der Waals surface area contributed by atoms with Crippen LogP contribution in [0.25, 0.3) is 0 Å². The number of hydrogen-bond donors (Lipinski definition) is 2. The number of halogens is 1. The topological polar surface area (TPSA) is 77.2 Å². The van der Waals surface area contributed by atoms with Gasteiger partial charge in [-0.1, -0.05) is 0 Å². The fourth-order valence-corrected chi connectivity index (χ4v) is 1.43. The van der Waals surface area contributed by atoms with E-state index in [2.05, 4.69) is 10.3 Å². The van der Waals surface area contributed by atoms with Crippen LogP contribution in [0.15, 0.2) is 36.5 Å². The van der Waals surface area contributed by atoms with Crippen molar-refractivity contribution < 1.29 is 13.9 Å². The zero-order chi connectivity index (χ0) is 13.8. The van der Waals surface area contributed by atoms with Crippen LogP contribution in [0.2, 0.25) is 0 Å². The summed E-state index contributed by atoms with van der Waals surface area (Å²) < 4.78 is 18.7. The van der Waals surface area contributed by atoms with E-state index in [1.54, 1.807) is 12.1 Å². The maximum atomic E-state index is 13.3. The van der Waals surface area contributed by atoms with E-state index in [1.165, 1.54) is 31.4 Å². The zero-order valence-corrected chi connectivity index (χ0v) is 10.2. The van der Waals surface area contributed by atoms with Gasteiger partial charge in [0.25, 0.3) is 5.91 Å². The van der Waals surface area contributed by atoms with Crippen molar-refractivity contribution in [2.24, 2.45) is 0 Å². The summed E-state index contributed by atoms with van der Waals surface area (Å²) in [5, 5.41) is 2.46. The molecule has 0 saturated heterocycles. The minimum Gasteiger partial charge on any atom is -0.457 e. The molecule has 0 fully saturated rings. The van der Waals surface area contributed by atoms with Gasteiger partial charge in [-0.2, -0.15) is 0 Å². The number of nitrogens with two attached hydrogens (primary N) is 1. The van der Waals surface area contributed by atoms with Crippen LogP contribution in [0.4, 0.5) is 10.1 Å². The first-order valence-electron chi connectivity index (χ1n) is 5.51. The molecule has 0 aliphatic rings. The van der Waals surface area contributed by atoms with E-state index in [9.17, 15) is 9.18 Å². The van der Waals surface area contributed by atoms with Crippen molar-refractivity contribution in [3.8, 4) is 11.5 Å². The van der Waals surface area contributed by atoms with Crippen LogP contribution < -0.4 is 15.8 Å². The smallest absolute Gasteiger partial charge is 0.269 e. The van der Waals surface area contributed by atoms with E-state index < -0.39 is 5.82 Å². The Morgan fingerprint density at radius 3 is 2.74 bits per heavy atom. The van der Waals surface area contributed by atoms with Crippen LogP contribution in [0.1, 0.15) is 10.5 Å². The van der Waals surface area contributed by atoms with Gasteiger partial charge in [0.2, 0.25) is 0 Å². The molecule has 1 aromatic heterocycles. The van der Waals surface area contributed by atoms with Gasteiger partial charge >= 0.3 is 0 Å². The monoisotopic (exact) mass is 260 g/mol. The summed E-state index contributed by atoms with van der Waals surface area (Å²) in [7, 11) is 1.51. The molecule has 19 heavy (non-hydrogen) atoms. The number of carbonyl (C=O) groups excluding carboxylic acids is 1. The second-order valence-electron chi connectivity index (χ2n) is 3.74. The summed E-state index contributed by atoms with van der Waals surface area (Å²) in [6, 6.07) is 7.16. The Bertz CT molecular complexity index is 617. The molecule has 0 spiro atoms. The van der Waals surface area contributed by atoms with Crippen molar-refractivity contribution in [3.05, 3.63) is 48.0 Å². The highest BCUT2D eigenvalue weighted by atomic mass is 18.2. The number of amides is 1. The summed E-state index contributed by atoms with van der Waals surface area (Å²) >= 11 is 0. The zero-order valence-electron chi connectivity index (χ0n) is 10.2. The average molecular weight is 260 g/mol. The van der Waals surface area contributed by atoms with E-state index in [-0.39, 0.29) is 17.3 Å². The van der Waals surface area contributed by atoms with Gasteiger partial charge in [0, 0.05) is 25.4 Å². The molecule has 5 nitrogen and oxygen atoms in total. The van der Waals surface area contributed by atoms with Crippen LogP contribution in [-0.2, 0) is 0 Å². The van der Waals surface area contributed by atoms with Gasteiger partial charge < -0.3 is 15.8 Å². The fraction of sp³-hybridized carbons (Fsp3) is 0.0769. The maximum absolute atomic E-state index is 13.3. The third kappa shape index (κ3) is 2.98. The number of aromatic nitrogens is 1. The molecule has 6 heteroatoms. The van der Waals surface area contributed by atoms with Crippen LogP contribution >= 0.6 is 0 Å². The Hall–Kier alpha value is -2.63. The van der Waals surface area contributed by atoms with Crippen molar-refractivity contribution in [1.29, 1.82) is 0 Å². The van der Waals surface area contributed by atoms with Gasteiger partial charge in [-0.15, -0.1) is 0 Å². The molecule has 2 aromatic rings. The number of anilines is 1. The Morgan fingerprint density at radius 2 is 2.05 bits per heavy atom. The Kier molecular flexibility index (Phi) is 3.61.